The summed E-state index contributed by atoms with van der Waals surface area (Å²) in [6.45, 7) is 0. The molecule has 3 aromatic carbocycles. The van der Waals surface area contributed by atoms with Crippen molar-refractivity contribution >= 4 is 62.0 Å². The molecule has 0 fully saturated rings. The number of benzene rings is 3. The highest BCUT2D eigenvalue weighted by Gasteiger charge is 2.18. The molecular weight excluding hydrogens is 470 g/mol. The Morgan fingerprint density at radius 3 is 2.53 bits per heavy atom. The molecule has 1 amide bonds. The van der Waals surface area contributed by atoms with Crippen molar-refractivity contribution in [3.63, 3.8) is 0 Å². The zero-order valence-corrected chi connectivity index (χ0v) is 19.1. The van der Waals surface area contributed by atoms with Gasteiger partial charge in [0.15, 0.2) is 0 Å². The number of esters is 1. The quantitative estimate of drug-likeness (QED) is 0.141. The third kappa shape index (κ3) is 4.52. The first kappa shape index (κ1) is 21.8. The van der Waals surface area contributed by atoms with Crippen LogP contribution in [0.4, 0.5) is 0 Å². The highest BCUT2D eigenvalue weighted by Crippen LogP contribution is 2.35. The van der Waals surface area contributed by atoms with Crippen molar-refractivity contribution < 1.29 is 14.3 Å². The number of ether oxygens (including phenoxy) is 1. The number of hydrazone groups is 1. The first-order valence-electron chi connectivity index (χ1n) is 10.3. The molecule has 5 aromatic rings. The number of fused-ring (bicyclic) bond motifs is 2. The number of hydrogen-bond donors (Lipinski definition) is 1. The zero-order chi connectivity index (χ0) is 23.5. The Morgan fingerprint density at radius 2 is 1.71 bits per heavy atom. The molecule has 0 saturated heterocycles. The minimum Gasteiger partial charge on any atom is -0.422 e. The Labute approximate surface area is 203 Å². The van der Waals surface area contributed by atoms with Crippen LogP contribution >= 0.6 is 22.9 Å². The lowest BCUT2D eigenvalue weighted by Gasteiger charge is -2.04. The molecule has 0 aliphatic carbocycles. The predicted molar refractivity (Wildman–Crippen MR) is 135 cm³/mol. The van der Waals surface area contributed by atoms with Gasteiger partial charge in [0.2, 0.25) is 0 Å². The number of aromatic nitrogens is 1. The lowest BCUT2D eigenvalue weighted by molar-refractivity contribution is 0.0739. The van der Waals surface area contributed by atoms with Gasteiger partial charge in [-0.1, -0.05) is 54.1 Å². The van der Waals surface area contributed by atoms with Gasteiger partial charge in [-0.05, 0) is 48.0 Å². The normalized spacial score (nSPS) is 11.2. The van der Waals surface area contributed by atoms with E-state index in [9.17, 15) is 9.59 Å². The van der Waals surface area contributed by atoms with Gasteiger partial charge < -0.3 is 4.74 Å². The number of hydrogen-bond acceptors (Lipinski definition) is 6. The SMILES string of the molecule is O=C(NN=Cc1ccc(OC(=O)c2sc3ccccc3c2Cl)cc1)c1ccc2ccccc2n1. The van der Waals surface area contributed by atoms with E-state index in [-0.39, 0.29) is 5.69 Å². The maximum absolute atomic E-state index is 12.6. The maximum Gasteiger partial charge on any atom is 0.355 e. The molecular formula is C26H16ClN3O3S. The van der Waals surface area contributed by atoms with Gasteiger partial charge in [0, 0.05) is 15.5 Å². The molecule has 0 bridgehead atoms. The van der Waals surface area contributed by atoms with Gasteiger partial charge in [-0.3, -0.25) is 4.79 Å². The topological polar surface area (TPSA) is 80.6 Å². The number of amides is 1. The summed E-state index contributed by atoms with van der Waals surface area (Å²) in [5.74, 6) is -0.546. The Morgan fingerprint density at radius 1 is 0.941 bits per heavy atom. The summed E-state index contributed by atoms with van der Waals surface area (Å²) in [4.78, 5) is 29.6. The monoisotopic (exact) mass is 485 g/mol. The van der Waals surface area contributed by atoms with E-state index in [4.69, 9.17) is 16.3 Å². The molecule has 0 spiro atoms. The van der Waals surface area contributed by atoms with Gasteiger partial charge in [-0.15, -0.1) is 11.3 Å². The number of halogens is 1. The average molecular weight is 486 g/mol. The number of rotatable bonds is 5. The average Bonchev–Trinajstić information content (AvgIpc) is 3.21. The molecule has 6 nitrogen and oxygen atoms in total. The van der Waals surface area contributed by atoms with E-state index in [0.29, 0.717) is 21.2 Å². The number of carbonyl (C=O) groups excluding carboxylic acids is 2. The van der Waals surface area contributed by atoms with Crippen LogP contribution in [0.1, 0.15) is 25.7 Å². The van der Waals surface area contributed by atoms with Crippen LogP contribution < -0.4 is 10.2 Å². The van der Waals surface area contributed by atoms with Crippen LogP contribution in [0.2, 0.25) is 5.02 Å². The van der Waals surface area contributed by atoms with Crippen molar-refractivity contribution in [1.82, 2.24) is 10.4 Å². The molecule has 0 atom stereocenters. The second kappa shape index (κ2) is 9.43. The lowest BCUT2D eigenvalue weighted by atomic mass is 10.2. The fraction of sp³-hybridized carbons (Fsp3) is 0. The predicted octanol–water partition coefficient (Wildman–Crippen LogP) is 6.09. The largest absolute Gasteiger partial charge is 0.422 e. The van der Waals surface area contributed by atoms with Gasteiger partial charge in [0.05, 0.1) is 16.8 Å². The van der Waals surface area contributed by atoms with Gasteiger partial charge >= 0.3 is 5.97 Å². The summed E-state index contributed by atoms with van der Waals surface area (Å²) in [5, 5.41) is 6.16. The summed E-state index contributed by atoms with van der Waals surface area (Å²) in [7, 11) is 0. The number of pyridine rings is 1. The summed E-state index contributed by atoms with van der Waals surface area (Å²) in [6, 6.07) is 25.3. The maximum atomic E-state index is 12.6. The van der Waals surface area contributed by atoms with Crippen LogP contribution in [-0.4, -0.2) is 23.1 Å². The molecule has 2 heterocycles. The molecule has 0 aliphatic heterocycles. The highest BCUT2D eigenvalue weighted by molar-refractivity contribution is 7.21. The highest BCUT2D eigenvalue weighted by atomic mass is 35.5. The summed E-state index contributed by atoms with van der Waals surface area (Å²) >= 11 is 7.65. The Bertz CT molecular complexity index is 1560. The van der Waals surface area contributed by atoms with Crippen LogP contribution in [-0.2, 0) is 0 Å². The minimum absolute atomic E-state index is 0.276. The van der Waals surface area contributed by atoms with Crippen LogP contribution in [0, 0.1) is 0 Å². The molecule has 0 aliphatic rings. The van der Waals surface area contributed by atoms with Gasteiger partial charge in [0.1, 0.15) is 16.3 Å². The molecule has 166 valence electrons. The smallest absolute Gasteiger partial charge is 0.355 e. The van der Waals surface area contributed by atoms with E-state index in [1.807, 2.05) is 54.6 Å². The van der Waals surface area contributed by atoms with E-state index in [1.54, 1.807) is 30.3 Å². The standard InChI is InChI=1S/C26H16ClN3O3S/c27-23-19-6-2-4-8-22(19)34-24(23)26(32)33-18-12-9-16(10-13-18)15-28-30-25(31)21-14-11-17-5-1-3-7-20(17)29-21/h1-15H,(H,30,31). The molecule has 0 unspecified atom stereocenters. The summed E-state index contributed by atoms with van der Waals surface area (Å²) in [6.07, 6.45) is 1.49. The first-order valence-corrected chi connectivity index (χ1v) is 11.5. The van der Waals surface area contributed by atoms with Gasteiger partial charge in [-0.25, -0.2) is 15.2 Å². The van der Waals surface area contributed by atoms with Crippen molar-refractivity contribution in [2.75, 3.05) is 0 Å². The second-order valence-electron chi connectivity index (χ2n) is 7.29. The Kier molecular flexibility index (Phi) is 6.03. The Hall–Kier alpha value is -4.07. The molecule has 5 rings (SSSR count). The van der Waals surface area contributed by atoms with Crippen LogP contribution in [0.5, 0.6) is 5.75 Å². The molecule has 8 heteroatoms. The third-order valence-electron chi connectivity index (χ3n) is 5.02. The van der Waals surface area contributed by atoms with Crippen molar-refractivity contribution in [1.29, 1.82) is 0 Å². The second-order valence-corrected chi connectivity index (χ2v) is 8.72. The van der Waals surface area contributed by atoms with E-state index in [1.165, 1.54) is 17.6 Å². The van der Waals surface area contributed by atoms with Crippen molar-refractivity contribution in [2.24, 2.45) is 5.10 Å². The summed E-state index contributed by atoms with van der Waals surface area (Å²) in [5.41, 5.74) is 4.20. The fourth-order valence-corrected chi connectivity index (χ4v) is 4.72. The summed E-state index contributed by atoms with van der Waals surface area (Å²) < 4.78 is 6.39. The minimum atomic E-state index is -0.511. The fourth-order valence-electron chi connectivity index (χ4n) is 3.34. The number of thiophene rings is 1. The van der Waals surface area contributed by atoms with Crippen molar-refractivity contribution in [3.8, 4) is 5.75 Å². The number of carbonyl (C=O) groups is 2. The number of nitrogens with one attached hydrogen (secondary N) is 1. The van der Waals surface area contributed by atoms with Gasteiger partial charge in [-0.2, -0.15) is 5.10 Å². The van der Waals surface area contributed by atoms with Crippen LogP contribution in [0.25, 0.3) is 21.0 Å². The Balaban J connectivity index is 1.21. The molecule has 34 heavy (non-hydrogen) atoms. The van der Waals surface area contributed by atoms with Crippen molar-refractivity contribution in [3.05, 3.63) is 106 Å². The number of nitrogens with zero attached hydrogens (tertiary/aromatic N) is 2. The molecule has 0 saturated carbocycles. The lowest BCUT2D eigenvalue weighted by Crippen LogP contribution is -2.18. The zero-order valence-electron chi connectivity index (χ0n) is 17.6. The van der Waals surface area contributed by atoms with Crippen LogP contribution in [0.15, 0.2) is 90.0 Å². The van der Waals surface area contributed by atoms with Crippen molar-refractivity contribution in [2.45, 2.75) is 0 Å². The molecule has 0 radical (unpaired) electrons. The molecule has 2 aromatic heterocycles. The third-order valence-corrected chi connectivity index (χ3v) is 6.68. The van der Waals surface area contributed by atoms with E-state index >= 15 is 0 Å². The van der Waals surface area contributed by atoms with E-state index < -0.39 is 11.9 Å². The number of para-hydroxylation sites is 1. The van der Waals surface area contributed by atoms with E-state index in [2.05, 4.69) is 15.5 Å². The first-order chi connectivity index (χ1) is 16.6. The van der Waals surface area contributed by atoms with E-state index in [0.717, 1.165) is 21.0 Å². The molecule has 1 N–H and O–H groups in total. The van der Waals surface area contributed by atoms with Crippen LogP contribution in [0.3, 0.4) is 0 Å². The van der Waals surface area contributed by atoms with Gasteiger partial charge in [0.25, 0.3) is 5.91 Å².